The first-order valence-corrected chi connectivity index (χ1v) is 22.3. The van der Waals surface area contributed by atoms with E-state index in [1.165, 1.54) is 44.5 Å². The Hall–Kier alpha value is -7.82. The molecule has 2 heterocycles. The number of fused-ring (bicyclic) bond motifs is 12. The Morgan fingerprint density at radius 1 is 0.359 bits per heavy atom. The Labute approximate surface area is 372 Å². The first-order chi connectivity index (χ1) is 31.3. The second-order valence-electron chi connectivity index (χ2n) is 18.4. The summed E-state index contributed by atoms with van der Waals surface area (Å²) in [6.45, 7) is 9.44. The summed E-state index contributed by atoms with van der Waals surface area (Å²) in [7, 11) is 0. The van der Waals surface area contributed by atoms with Crippen molar-refractivity contribution in [3.8, 4) is 22.3 Å². The molecule has 0 fully saturated rings. The number of para-hydroxylation sites is 3. The highest BCUT2D eigenvalue weighted by atomic mass is 16.3. The minimum absolute atomic E-state index is 0.179. The maximum absolute atomic E-state index is 6.88. The average Bonchev–Trinajstić information content (AvgIpc) is 4.03. The molecule has 0 saturated carbocycles. The molecule has 2 aliphatic carbocycles. The molecule has 4 heteroatoms. The predicted octanol–water partition coefficient (Wildman–Crippen LogP) is 17.0. The van der Waals surface area contributed by atoms with E-state index in [0.717, 1.165) is 78.0 Å². The van der Waals surface area contributed by atoms with Crippen molar-refractivity contribution in [2.24, 2.45) is 0 Å². The monoisotopic (exact) mass is 824 g/mol. The topological polar surface area (TPSA) is 32.8 Å². The van der Waals surface area contributed by atoms with Gasteiger partial charge in [-0.15, -0.1) is 0 Å². The fraction of sp³-hybridized carbons (Fsp3) is 0.100. The highest BCUT2D eigenvalue weighted by Gasteiger charge is 2.40. The maximum atomic E-state index is 6.88. The van der Waals surface area contributed by atoms with E-state index in [9.17, 15) is 0 Å². The zero-order chi connectivity index (χ0) is 42.9. The van der Waals surface area contributed by atoms with Gasteiger partial charge in [0.1, 0.15) is 16.7 Å². The summed E-state index contributed by atoms with van der Waals surface area (Å²) in [5, 5.41) is 4.36. The largest absolute Gasteiger partial charge is 0.456 e. The van der Waals surface area contributed by atoms with E-state index < -0.39 is 0 Å². The number of furan rings is 2. The van der Waals surface area contributed by atoms with Crippen LogP contribution in [0.5, 0.6) is 0 Å². The molecule has 0 aliphatic heterocycles. The number of benzene rings is 9. The number of hydrogen-bond acceptors (Lipinski definition) is 4. The minimum Gasteiger partial charge on any atom is -0.456 e. The van der Waals surface area contributed by atoms with E-state index in [1.807, 2.05) is 12.1 Å². The third kappa shape index (κ3) is 5.05. The number of hydrogen-bond donors (Lipinski definition) is 0. The summed E-state index contributed by atoms with van der Waals surface area (Å²) >= 11 is 0. The Bertz CT molecular complexity index is 3710. The first kappa shape index (κ1) is 36.8. The van der Waals surface area contributed by atoms with Gasteiger partial charge in [0, 0.05) is 43.9 Å². The van der Waals surface area contributed by atoms with Crippen molar-refractivity contribution in [1.82, 2.24) is 0 Å². The van der Waals surface area contributed by atoms with Crippen LogP contribution in [-0.4, -0.2) is 0 Å². The molecule has 0 unspecified atom stereocenters. The Balaban J connectivity index is 1.11. The zero-order valence-electron chi connectivity index (χ0n) is 36.2. The summed E-state index contributed by atoms with van der Waals surface area (Å²) in [5.41, 5.74) is 19.7. The van der Waals surface area contributed by atoms with Crippen molar-refractivity contribution >= 4 is 78.0 Å². The van der Waals surface area contributed by atoms with Crippen LogP contribution in [0.4, 0.5) is 34.1 Å². The molecule has 0 N–H and O–H groups in total. The fourth-order valence-electron chi connectivity index (χ4n) is 11.4. The normalized spacial score (nSPS) is 14.2. The van der Waals surface area contributed by atoms with Crippen molar-refractivity contribution in [3.05, 3.63) is 216 Å². The van der Waals surface area contributed by atoms with Gasteiger partial charge >= 0.3 is 0 Å². The summed E-state index contributed by atoms with van der Waals surface area (Å²) < 4.78 is 13.5. The molecule has 306 valence electrons. The smallest absolute Gasteiger partial charge is 0.159 e. The van der Waals surface area contributed by atoms with Gasteiger partial charge in [-0.25, -0.2) is 0 Å². The van der Waals surface area contributed by atoms with Crippen LogP contribution >= 0.6 is 0 Å². The summed E-state index contributed by atoms with van der Waals surface area (Å²) in [6.07, 6.45) is 0. The molecule has 0 bridgehead atoms. The molecular weight excluding hydrogens is 781 g/mol. The summed E-state index contributed by atoms with van der Waals surface area (Å²) in [4.78, 5) is 4.92. The number of nitrogens with zero attached hydrogens (tertiary/aromatic N) is 2. The lowest BCUT2D eigenvalue weighted by atomic mass is 9.81. The lowest BCUT2D eigenvalue weighted by molar-refractivity contribution is 0.660. The van der Waals surface area contributed by atoms with Gasteiger partial charge in [-0.2, -0.15) is 0 Å². The number of rotatable bonds is 6. The fourth-order valence-corrected chi connectivity index (χ4v) is 11.4. The van der Waals surface area contributed by atoms with Crippen LogP contribution in [0.25, 0.3) is 66.1 Å². The van der Waals surface area contributed by atoms with Gasteiger partial charge in [-0.3, -0.25) is 0 Å². The van der Waals surface area contributed by atoms with E-state index >= 15 is 0 Å². The van der Waals surface area contributed by atoms with E-state index in [1.54, 1.807) is 0 Å². The van der Waals surface area contributed by atoms with Crippen LogP contribution in [0.3, 0.4) is 0 Å². The van der Waals surface area contributed by atoms with Crippen LogP contribution in [0.15, 0.2) is 203 Å². The standard InChI is InChI=1S/C60H44N2O2/c1-59(2)46-27-10-6-22-43(46)55-47(59)28-16-29-48(55)62(51-32-15-25-42-40-21-7-11-33-52(40)64-58(42)51)38-19-13-18-37(36-38)61(49-30-17-35-54-56(49)44-23-8-12-34-53(44)63-54)50-31-14-24-41-39-20-5-9-26-45(39)60(3,4)57(41)50/h5-36H,1-4H3. The third-order valence-electron chi connectivity index (χ3n) is 14.2. The molecule has 64 heavy (non-hydrogen) atoms. The van der Waals surface area contributed by atoms with Crippen LogP contribution < -0.4 is 9.80 Å². The molecule has 13 rings (SSSR count). The van der Waals surface area contributed by atoms with Crippen molar-refractivity contribution in [2.45, 2.75) is 38.5 Å². The molecule has 0 atom stereocenters. The molecule has 0 amide bonds. The third-order valence-corrected chi connectivity index (χ3v) is 14.2. The van der Waals surface area contributed by atoms with Gasteiger partial charge in [0.2, 0.25) is 0 Å². The van der Waals surface area contributed by atoms with Gasteiger partial charge in [-0.05, 0) is 99.6 Å². The van der Waals surface area contributed by atoms with Gasteiger partial charge in [0.25, 0.3) is 0 Å². The lowest BCUT2D eigenvalue weighted by Gasteiger charge is -2.34. The lowest BCUT2D eigenvalue weighted by Crippen LogP contribution is -2.21. The second-order valence-corrected chi connectivity index (χ2v) is 18.4. The first-order valence-electron chi connectivity index (χ1n) is 22.3. The Morgan fingerprint density at radius 3 is 1.69 bits per heavy atom. The van der Waals surface area contributed by atoms with Crippen LogP contribution in [-0.2, 0) is 10.8 Å². The van der Waals surface area contributed by atoms with Crippen molar-refractivity contribution < 1.29 is 8.83 Å². The maximum Gasteiger partial charge on any atom is 0.159 e. The molecule has 11 aromatic rings. The summed E-state index contributed by atoms with van der Waals surface area (Å²) in [6, 6.07) is 70.3. The molecule has 9 aromatic carbocycles. The highest BCUT2D eigenvalue weighted by Crippen LogP contribution is 2.58. The van der Waals surface area contributed by atoms with Gasteiger partial charge in [-0.1, -0.05) is 161 Å². The Morgan fingerprint density at radius 2 is 0.875 bits per heavy atom. The van der Waals surface area contributed by atoms with Crippen LogP contribution in [0.2, 0.25) is 0 Å². The SMILES string of the molecule is CC1(C)c2ccccc2-c2c(N(c3cccc(N(c4cccc5c4C(C)(C)c4ccccc4-5)c4cccc5oc6ccccc6c45)c3)c3cccc4c3oc3ccccc34)cccc21. The molecular formula is C60H44N2O2. The van der Waals surface area contributed by atoms with Crippen molar-refractivity contribution in [1.29, 1.82) is 0 Å². The molecule has 2 aromatic heterocycles. The highest BCUT2D eigenvalue weighted by molar-refractivity contribution is 6.14. The second kappa shape index (κ2) is 13.3. The molecule has 4 nitrogen and oxygen atoms in total. The van der Waals surface area contributed by atoms with Gasteiger partial charge < -0.3 is 18.6 Å². The van der Waals surface area contributed by atoms with Crippen molar-refractivity contribution in [2.75, 3.05) is 9.80 Å². The Kier molecular flexibility index (Phi) is 7.67. The van der Waals surface area contributed by atoms with E-state index in [0.29, 0.717) is 0 Å². The van der Waals surface area contributed by atoms with E-state index in [4.69, 9.17) is 8.83 Å². The van der Waals surface area contributed by atoms with Gasteiger partial charge in [0.15, 0.2) is 5.58 Å². The van der Waals surface area contributed by atoms with E-state index in [2.05, 4.69) is 219 Å². The molecule has 0 saturated heterocycles. The molecule has 0 radical (unpaired) electrons. The van der Waals surface area contributed by atoms with E-state index in [-0.39, 0.29) is 10.8 Å². The van der Waals surface area contributed by atoms with Crippen LogP contribution in [0, 0.1) is 0 Å². The predicted molar refractivity (Wildman–Crippen MR) is 265 cm³/mol. The molecule has 0 spiro atoms. The zero-order valence-corrected chi connectivity index (χ0v) is 36.2. The van der Waals surface area contributed by atoms with Crippen molar-refractivity contribution in [3.63, 3.8) is 0 Å². The number of anilines is 6. The molecule has 2 aliphatic rings. The average molecular weight is 825 g/mol. The minimum atomic E-state index is -0.265. The quantitative estimate of drug-likeness (QED) is 0.167. The summed E-state index contributed by atoms with van der Waals surface area (Å²) in [5.74, 6) is 0. The van der Waals surface area contributed by atoms with Crippen LogP contribution in [0.1, 0.15) is 49.9 Å². The van der Waals surface area contributed by atoms with Gasteiger partial charge in [0.05, 0.1) is 28.1 Å².